The number of amides is 1. The van der Waals surface area contributed by atoms with Gasteiger partial charge < -0.3 is 5.32 Å². The van der Waals surface area contributed by atoms with E-state index in [2.05, 4.69) is 15.3 Å². The summed E-state index contributed by atoms with van der Waals surface area (Å²) in [6, 6.07) is 15.2. The van der Waals surface area contributed by atoms with E-state index in [9.17, 15) is 4.79 Å². The van der Waals surface area contributed by atoms with Gasteiger partial charge in [0.1, 0.15) is 5.69 Å². The summed E-state index contributed by atoms with van der Waals surface area (Å²) in [6.45, 7) is 3.78. The van der Waals surface area contributed by atoms with E-state index in [-0.39, 0.29) is 5.91 Å². The van der Waals surface area contributed by atoms with Gasteiger partial charge >= 0.3 is 0 Å². The zero-order valence-corrected chi connectivity index (χ0v) is 11.9. The molecule has 21 heavy (non-hydrogen) atoms. The first-order valence-electron chi connectivity index (χ1n) is 6.75. The molecule has 0 atom stereocenters. The summed E-state index contributed by atoms with van der Waals surface area (Å²) in [5, 5.41) is 2.86. The van der Waals surface area contributed by atoms with Crippen LogP contribution in [-0.2, 0) is 0 Å². The van der Waals surface area contributed by atoms with Crippen molar-refractivity contribution >= 4 is 22.6 Å². The quantitative estimate of drug-likeness (QED) is 0.780. The molecule has 0 saturated carbocycles. The summed E-state index contributed by atoms with van der Waals surface area (Å²) in [5.74, 6) is -0.239. The van der Waals surface area contributed by atoms with Gasteiger partial charge in [0.05, 0.1) is 16.7 Å². The Labute approximate surface area is 122 Å². The number of aromatic nitrogens is 2. The third kappa shape index (κ3) is 2.74. The first-order chi connectivity index (χ1) is 10.1. The third-order valence-corrected chi connectivity index (χ3v) is 3.24. The molecule has 0 aliphatic rings. The maximum Gasteiger partial charge on any atom is 0.276 e. The van der Waals surface area contributed by atoms with Crippen molar-refractivity contribution in [2.75, 3.05) is 5.32 Å². The fraction of sp³-hybridized carbons (Fsp3) is 0.118. The number of rotatable bonds is 2. The van der Waals surface area contributed by atoms with Crippen LogP contribution in [0.2, 0.25) is 0 Å². The van der Waals surface area contributed by atoms with E-state index >= 15 is 0 Å². The Morgan fingerprint density at radius 1 is 0.952 bits per heavy atom. The van der Waals surface area contributed by atoms with Gasteiger partial charge in [-0.05, 0) is 43.7 Å². The molecule has 1 N–H and O–H groups in total. The highest BCUT2D eigenvalue weighted by molar-refractivity contribution is 6.04. The average molecular weight is 277 g/mol. The summed E-state index contributed by atoms with van der Waals surface area (Å²) in [5.41, 5.74) is 4.34. The number of fused-ring (bicyclic) bond motifs is 1. The molecule has 0 fully saturated rings. The highest BCUT2D eigenvalue weighted by atomic mass is 16.1. The van der Waals surface area contributed by atoms with Crippen molar-refractivity contribution in [1.29, 1.82) is 0 Å². The van der Waals surface area contributed by atoms with Crippen LogP contribution in [0.15, 0.2) is 48.5 Å². The Balaban J connectivity index is 1.96. The fourth-order valence-electron chi connectivity index (χ4n) is 2.22. The Morgan fingerprint density at radius 2 is 1.67 bits per heavy atom. The van der Waals surface area contributed by atoms with Gasteiger partial charge in [0.2, 0.25) is 0 Å². The van der Waals surface area contributed by atoms with E-state index in [1.807, 2.05) is 55.5 Å². The van der Waals surface area contributed by atoms with Gasteiger partial charge in [0.15, 0.2) is 0 Å². The SMILES string of the molecule is Cc1cccc(NC(=O)c2nc3ccccc3nc2C)c1. The highest BCUT2D eigenvalue weighted by Crippen LogP contribution is 2.15. The standard InChI is InChI=1S/C17H15N3O/c1-11-6-5-7-13(10-11)19-17(21)16-12(2)18-14-8-3-4-9-15(14)20-16/h3-10H,1-2H3,(H,19,21). The minimum Gasteiger partial charge on any atom is -0.321 e. The van der Waals surface area contributed by atoms with Crippen LogP contribution in [0.5, 0.6) is 0 Å². The van der Waals surface area contributed by atoms with Crippen molar-refractivity contribution in [2.24, 2.45) is 0 Å². The van der Waals surface area contributed by atoms with Crippen LogP contribution < -0.4 is 5.32 Å². The minimum atomic E-state index is -0.239. The number of aryl methyl sites for hydroxylation is 2. The van der Waals surface area contributed by atoms with Crippen LogP contribution in [0.4, 0.5) is 5.69 Å². The fourth-order valence-corrected chi connectivity index (χ4v) is 2.22. The molecule has 0 unspecified atom stereocenters. The number of carbonyl (C=O) groups excluding carboxylic acids is 1. The largest absolute Gasteiger partial charge is 0.321 e. The molecule has 1 aromatic heterocycles. The third-order valence-electron chi connectivity index (χ3n) is 3.24. The molecule has 3 aromatic rings. The van der Waals surface area contributed by atoms with Gasteiger partial charge in [-0.2, -0.15) is 0 Å². The number of nitrogens with zero attached hydrogens (tertiary/aromatic N) is 2. The van der Waals surface area contributed by atoms with Crippen molar-refractivity contribution in [2.45, 2.75) is 13.8 Å². The molecule has 0 radical (unpaired) electrons. The molecule has 104 valence electrons. The van der Waals surface area contributed by atoms with Gasteiger partial charge in [-0.3, -0.25) is 4.79 Å². The van der Waals surface area contributed by atoms with E-state index in [1.54, 1.807) is 6.92 Å². The van der Waals surface area contributed by atoms with E-state index in [4.69, 9.17) is 0 Å². The second-order valence-electron chi connectivity index (χ2n) is 4.97. The lowest BCUT2D eigenvalue weighted by molar-refractivity contribution is 0.102. The average Bonchev–Trinajstić information content (AvgIpc) is 2.46. The lowest BCUT2D eigenvalue weighted by Crippen LogP contribution is -2.16. The number of hydrogen-bond donors (Lipinski definition) is 1. The molecule has 3 rings (SSSR count). The maximum absolute atomic E-state index is 12.4. The molecule has 0 aliphatic heterocycles. The molecule has 2 aromatic carbocycles. The van der Waals surface area contributed by atoms with E-state index in [0.717, 1.165) is 22.3 Å². The predicted octanol–water partition coefficient (Wildman–Crippen LogP) is 3.50. The lowest BCUT2D eigenvalue weighted by atomic mass is 10.2. The first kappa shape index (κ1) is 13.2. The summed E-state index contributed by atoms with van der Waals surface area (Å²) >= 11 is 0. The Bertz CT molecular complexity index is 827. The van der Waals surface area contributed by atoms with E-state index < -0.39 is 0 Å². The van der Waals surface area contributed by atoms with E-state index in [1.165, 1.54) is 0 Å². The predicted molar refractivity (Wildman–Crippen MR) is 83.4 cm³/mol. The van der Waals surface area contributed by atoms with Gasteiger partial charge in [0, 0.05) is 5.69 Å². The molecule has 0 bridgehead atoms. The van der Waals surface area contributed by atoms with E-state index in [0.29, 0.717) is 11.4 Å². The Kier molecular flexibility index (Phi) is 3.36. The number of para-hydroxylation sites is 2. The Morgan fingerprint density at radius 3 is 2.38 bits per heavy atom. The monoisotopic (exact) mass is 277 g/mol. The minimum absolute atomic E-state index is 0.239. The number of hydrogen-bond acceptors (Lipinski definition) is 3. The van der Waals surface area contributed by atoms with Crippen LogP contribution >= 0.6 is 0 Å². The van der Waals surface area contributed by atoms with Crippen molar-refractivity contribution < 1.29 is 4.79 Å². The molecular formula is C17H15N3O. The molecule has 4 heteroatoms. The van der Waals surface area contributed by atoms with Crippen LogP contribution in [0.3, 0.4) is 0 Å². The second-order valence-corrected chi connectivity index (χ2v) is 4.97. The van der Waals surface area contributed by atoms with Crippen molar-refractivity contribution in [1.82, 2.24) is 9.97 Å². The number of nitrogens with one attached hydrogen (secondary N) is 1. The highest BCUT2D eigenvalue weighted by Gasteiger charge is 2.13. The van der Waals surface area contributed by atoms with Crippen LogP contribution in [-0.4, -0.2) is 15.9 Å². The first-order valence-corrected chi connectivity index (χ1v) is 6.75. The maximum atomic E-state index is 12.4. The number of carbonyl (C=O) groups is 1. The molecule has 1 heterocycles. The summed E-state index contributed by atoms with van der Waals surface area (Å²) in [6.07, 6.45) is 0. The van der Waals surface area contributed by atoms with Crippen LogP contribution in [0, 0.1) is 13.8 Å². The summed E-state index contributed by atoms with van der Waals surface area (Å²) < 4.78 is 0. The zero-order chi connectivity index (χ0) is 14.8. The second kappa shape index (κ2) is 5.32. The smallest absolute Gasteiger partial charge is 0.276 e. The lowest BCUT2D eigenvalue weighted by Gasteiger charge is -2.08. The van der Waals surface area contributed by atoms with Gasteiger partial charge in [-0.15, -0.1) is 0 Å². The van der Waals surface area contributed by atoms with Gasteiger partial charge in [0.25, 0.3) is 5.91 Å². The zero-order valence-electron chi connectivity index (χ0n) is 11.9. The Hall–Kier alpha value is -2.75. The summed E-state index contributed by atoms with van der Waals surface area (Å²) in [7, 11) is 0. The molecule has 0 spiro atoms. The van der Waals surface area contributed by atoms with Gasteiger partial charge in [-0.25, -0.2) is 9.97 Å². The molecule has 1 amide bonds. The van der Waals surface area contributed by atoms with Crippen molar-refractivity contribution in [3.63, 3.8) is 0 Å². The van der Waals surface area contributed by atoms with Crippen LogP contribution in [0.1, 0.15) is 21.7 Å². The molecule has 4 nitrogen and oxygen atoms in total. The van der Waals surface area contributed by atoms with Gasteiger partial charge in [-0.1, -0.05) is 24.3 Å². The van der Waals surface area contributed by atoms with Crippen LogP contribution in [0.25, 0.3) is 11.0 Å². The molecule has 0 saturated heterocycles. The normalized spacial score (nSPS) is 10.6. The number of benzene rings is 2. The van der Waals surface area contributed by atoms with Crippen molar-refractivity contribution in [3.05, 3.63) is 65.5 Å². The van der Waals surface area contributed by atoms with Crippen molar-refractivity contribution in [3.8, 4) is 0 Å². The number of anilines is 1. The molecule has 0 aliphatic carbocycles. The molecular weight excluding hydrogens is 262 g/mol. The summed E-state index contributed by atoms with van der Waals surface area (Å²) in [4.78, 5) is 21.2. The topological polar surface area (TPSA) is 54.9 Å².